The summed E-state index contributed by atoms with van der Waals surface area (Å²) in [7, 11) is 0. The average molecular weight is 449 g/mol. The Balaban J connectivity index is 1.95. The Hall–Kier alpha value is -2.39. The van der Waals surface area contributed by atoms with Gasteiger partial charge in [-0.2, -0.15) is 11.8 Å². The molecule has 0 aliphatic carbocycles. The van der Waals surface area contributed by atoms with Gasteiger partial charge in [-0.3, -0.25) is 24.6 Å². The fourth-order valence-electron chi connectivity index (χ4n) is 3.38. The highest BCUT2D eigenvalue weighted by molar-refractivity contribution is 7.98. The smallest absolute Gasteiger partial charge is 0.270 e. The van der Waals surface area contributed by atoms with E-state index in [1.54, 1.807) is 11.8 Å². The first kappa shape index (κ1) is 24.9. The molecule has 1 aromatic carbocycles. The Morgan fingerprint density at radius 3 is 2.65 bits per heavy atom. The summed E-state index contributed by atoms with van der Waals surface area (Å²) in [6, 6.07) is 4.94. The number of carbonyl (C=O) groups excluding carboxylic acids is 2. The summed E-state index contributed by atoms with van der Waals surface area (Å²) >= 11 is 1.60. The predicted octanol–water partition coefficient (Wildman–Crippen LogP) is 2.99. The van der Waals surface area contributed by atoms with E-state index in [-0.39, 0.29) is 23.2 Å². The van der Waals surface area contributed by atoms with Crippen molar-refractivity contribution in [3.8, 4) is 0 Å². The van der Waals surface area contributed by atoms with Gasteiger partial charge in [0, 0.05) is 43.4 Å². The maximum absolute atomic E-state index is 12.9. The fourth-order valence-corrected chi connectivity index (χ4v) is 3.85. The van der Waals surface area contributed by atoms with E-state index in [0.29, 0.717) is 12.2 Å². The van der Waals surface area contributed by atoms with Crippen molar-refractivity contribution in [3.63, 3.8) is 0 Å². The first-order valence-corrected chi connectivity index (χ1v) is 11.9. The third-order valence-corrected chi connectivity index (χ3v) is 5.89. The second-order valence-electron chi connectivity index (χ2n) is 7.98. The van der Waals surface area contributed by atoms with Crippen LogP contribution in [0.5, 0.6) is 0 Å². The zero-order valence-corrected chi connectivity index (χ0v) is 19.2. The van der Waals surface area contributed by atoms with Crippen molar-refractivity contribution in [1.29, 1.82) is 0 Å². The monoisotopic (exact) mass is 448 g/mol. The fraction of sp³-hybridized carbons (Fsp3) is 0.545. The number of rotatable bonds is 10. The van der Waals surface area contributed by atoms with Gasteiger partial charge in [0.25, 0.3) is 11.6 Å². The van der Waals surface area contributed by atoms with Gasteiger partial charge in [-0.1, -0.05) is 17.7 Å². The van der Waals surface area contributed by atoms with Crippen LogP contribution in [0.1, 0.15) is 43.5 Å². The zero-order valence-electron chi connectivity index (χ0n) is 18.4. The van der Waals surface area contributed by atoms with E-state index in [0.717, 1.165) is 32.5 Å². The van der Waals surface area contributed by atoms with E-state index in [9.17, 15) is 19.7 Å². The molecule has 2 rings (SSSR count). The van der Waals surface area contributed by atoms with E-state index in [4.69, 9.17) is 0 Å². The van der Waals surface area contributed by atoms with Crippen LogP contribution in [0, 0.1) is 10.1 Å². The number of benzene rings is 1. The molecule has 0 aromatic heterocycles. The predicted molar refractivity (Wildman–Crippen MR) is 124 cm³/mol. The molecule has 9 heteroatoms. The molecule has 1 saturated heterocycles. The number of piperidine rings is 1. The average Bonchev–Trinajstić information content (AvgIpc) is 2.75. The lowest BCUT2D eigenvalue weighted by atomic mass is 10.0. The quantitative estimate of drug-likeness (QED) is 0.324. The highest BCUT2D eigenvalue weighted by Crippen LogP contribution is 2.14. The second-order valence-corrected chi connectivity index (χ2v) is 8.97. The molecule has 1 fully saturated rings. The minimum atomic E-state index is -0.678. The van der Waals surface area contributed by atoms with Crippen LogP contribution in [-0.4, -0.2) is 65.4 Å². The molecular weight excluding hydrogens is 416 g/mol. The Labute approximate surface area is 188 Å². The first-order chi connectivity index (χ1) is 14.8. The van der Waals surface area contributed by atoms with Crippen molar-refractivity contribution >= 4 is 29.3 Å². The Kier molecular flexibility index (Phi) is 10.00. The molecular formula is C22H32N4O4S. The lowest BCUT2D eigenvalue weighted by molar-refractivity contribution is -0.384. The van der Waals surface area contributed by atoms with Crippen molar-refractivity contribution in [3.05, 3.63) is 51.6 Å². The van der Waals surface area contributed by atoms with Crippen molar-refractivity contribution in [2.75, 3.05) is 31.6 Å². The van der Waals surface area contributed by atoms with Gasteiger partial charge in [0.2, 0.25) is 5.91 Å². The minimum Gasteiger partial charge on any atom is -0.351 e. The number of non-ortho nitro benzene ring substituents is 1. The molecule has 2 N–H and O–H groups in total. The van der Waals surface area contributed by atoms with E-state index in [1.807, 2.05) is 6.26 Å². The van der Waals surface area contributed by atoms with Gasteiger partial charge in [-0.05, 0) is 51.2 Å². The SMILES string of the molecule is CSCCC(NC(=O)c1cccc([N+](=O)[O-])c1)C(=O)NC1CCN(CC=C(C)C)CC1. The summed E-state index contributed by atoms with van der Waals surface area (Å²) < 4.78 is 0. The van der Waals surface area contributed by atoms with E-state index in [1.165, 1.54) is 29.8 Å². The number of nitrogens with one attached hydrogen (secondary N) is 2. The lowest BCUT2D eigenvalue weighted by Gasteiger charge is -2.32. The molecule has 8 nitrogen and oxygen atoms in total. The van der Waals surface area contributed by atoms with Crippen LogP contribution in [0.4, 0.5) is 5.69 Å². The third-order valence-electron chi connectivity index (χ3n) is 5.24. The van der Waals surface area contributed by atoms with Gasteiger partial charge in [-0.25, -0.2) is 0 Å². The number of carbonyl (C=O) groups is 2. The first-order valence-electron chi connectivity index (χ1n) is 10.5. The topological polar surface area (TPSA) is 105 Å². The van der Waals surface area contributed by atoms with Crippen LogP contribution < -0.4 is 10.6 Å². The maximum atomic E-state index is 12.9. The van der Waals surface area contributed by atoms with Crippen molar-refractivity contribution < 1.29 is 14.5 Å². The Bertz CT molecular complexity index is 802. The van der Waals surface area contributed by atoms with Gasteiger partial charge >= 0.3 is 0 Å². The van der Waals surface area contributed by atoms with Crippen LogP contribution in [0.25, 0.3) is 0 Å². The molecule has 0 bridgehead atoms. The minimum absolute atomic E-state index is 0.0851. The Morgan fingerprint density at radius 1 is 1.32 bits per heavy atom. The number of thioether (sulfide) groups is 1. The van der Waals surface area contributed by atoms with Crippen LogP contribution in [-0.2, 0) is 4.79 Å². The van der Waals surface area contributed by atoms with Crippen LogP contribution >= 0.6 is 11.8 Å². The highest BCUT2D eigenvalue weighted by Gasteiger charge is 2.26. The number of nitro groups is 1. The summed E-state index contributed by atoms with van der Waals surface area (Å²) in [4.78, 5) is 38.3. The van der Waals surface area contributed by atoms with E-state index in [2.05, 4.69) is 35.5 Å². The molecule has 2 amide bonds. The maximum Gasteiger partial charge on any atom is 0.270 e. The third kappa shape index (κ3) is 8.34. The molecule has 0 saturated carbocycles. The number of nitrogens with zero attached hydrogens (tertiary/aromatic N) is 2. The molecule has 1 aliphatic rings. The van der Waals surface area contributed by atoms with Gasteiger partial charge in [0.15, 0.2) is 0 Å². The molecule has 1 atom stereocenters. The molecule has 1 aromatic rings. The van der Waals surface area contributed by atoms with Crippen molar-refractivity contribution in [2.45, 2.75) is 45.2 Å². The molecule has 1 unspecified atom stereocenters. The number of hydrogen-bond acceptors (Lipinski definition) is 6. The summed E-state index contributed by atoms with van der Waals surface area (Å²) in [5, 5.41) is 16.8. The summed E-state index contributed by atoms with van der Waals surface area (Å²) in [6.45, 7) is 6.94. The lowest BCUT2D eigenvalue weighted by Crippen LogP contribution is -2.52. The molecule has 0 radical (unpaired) electrons. The molecule has 1 aliphatic heterocycles. The van der Waals surface area contributed by atoms with Crippen molar-refractivity contribution in [1.82, 2.24) is 15.5 Å². The number of hydrogen-bond donors (Lipinski definition) is 2. The summed E-state index contributed by atoms with van der Waals surface area (Å²) in [6.07, 6.45) is 6.39. The normalized spacial score (nSPS) is 15.7. The van der Waals surface area contributed by atoms with Gasteiger partial charge in [0.05, 0.1) is 4.92 Å². The van der Waals surface area contributed by atoms with Crippen molar-refractivity contribution in [2.24, 2.45) is 0 Å². The summed E-state index contributed by atoms with van der Waals surface area (Å²) in [5.41, 5.74) is 1.31. The summed E-state index contributed by atoms with van der Waals surface area (Å²) in [5.74, 6) is 0.0335. The van der Waals surface area contributed by atoms with Crippen LogP contribution in [0.15, 0.2) is 35.9 Å². The number of allylic oxidation sites excluding steroid dienone is 1. The molecule has 1 heterocycles. The van der Waals surface area contributed by atoms with E-state index < -0.39 is 16.9 Å². The molecule has 31 heavy (non-hydrogen) atoms. The number of amides is 2. The standard InChI is InChI=1S/C22H32N4O4S/c1-16(2)7-11-25-12-8-18(9-13-25)23-22(28)20(10-14-31-3)24-21(27)17-5-4-6-19(15-17)26(29)30/h4-7,15,18,20H,8-14H2,1-3H3,(H,23,28)(H,24,27). The Morgan fingerprint density at radius 2 is 2.03 bits per heavy atom. The molecule has 170 valence electrons. The van der Waals surface area contributed by atoms with E-state index >= 15 is 0 Å². The number of likely N-dealkylation sites (tertiary alicyclic amines) is 1. The largest absolute Gasteiger partial charge is 0.351 e. The zero-order chi connectivity index (χ0) is 22.8. The van der Waals surface area contributed by atoms with Gasteiger partial charge in [-0.15, -0.1) is 0 Å². The van der Waals surface area contributed by atoms with Crippen LogP contribution in [0.2, 0.25) is 0 Å². The van der Waals surface area contributed by atoms with Gasteiger partial charge < -0.3 is 10.6 Å². The molecule has 0 spiro atoms. The number of nitro benzene ring substituents is 1. The second kappa shape index (κ2) is 12.5. The van der Waals surface area contributed by atoms with Gasteiger partial charge in [0.1, 0.15) is 6.04 Å². The highest BCUT2D eigenvalue weighted by atomic mass is 32.2. The van der Waals surface area contributed by atoms with Crippen LogP contribution in [0.3, 0.4) is 0 Å².